The van der Waals surface area contributed by atoms with Gasteiger partial charge in [0.05, 0.1) is 12.2 Å². The van der Waals surface area contributed by atoms with Crippen LogP contribution in [0.3, 0.4) is 0 Å². The van der Waals surface area contributed by atoms with Gasteiger partial charge in [-0.15, -0.1) is 0 Å². The van der Waals surface area contributed by atoms with Crippen LogP contribution in [0.1, 0.15) is 87.1 Å². The quantitative estimate of drug-likeness (QED) is 0.295. The van der Waals surface area contributed by atoms with Gasteiger partial charge in [0.2, 0.25) is 0 Å². The topological polar surface area (TPSA) is 55.8 Å². The van der Waals surface area contributed by atoms with E-state index < -0.39 is 5.97 Å². The molecule has 0 atom stereocenters. The molecule has 0 radical (unpaired) electrons. The lowest BCUT2D eigenvalue weighted by molar-refractivity contribution is 0.0697. The third kappa shape index (κ3) is 9.82. The second-order valence-electron chi connectivity index (χ2n) is 7.79. The molecule has 0 aliphatic carbocycles. The Morgan fingerprint density at radius 1 is 0.700 bits per heavy atom. The molecular weight excluding hydrogens is 376 g/mol. The molecule has 0 fully saturated rings. The molecule has 0 saturated carbocycles. The lowest BCUT2D eigenvalue weighted by Gasteiger charge is -2.09. The molecule has 0 spiro atoms. The van der Waals surface area contributed by atoms with Gasteiger partial charge in [0, 0.05) is 0 Å². The first-order valence-corrected chi connectivity index (χ1v) is 11.4. The van der Waals surface area contributed by atoms with Gasteiger partial charge in [-0.1, -0.05) is 76.8 Å². The van der Waals surface area contributed by atoms with Crippen LogP contribution in [0.2, 0.25) is 0 Å². The second kappa shape index (κ2) is 14.5. The molecule has 0 bridgehead atoms. The summed E-state index contributed by atoms with van der Waals surface area (Å²) < 4.78 is 11.6. The van der Waals surface area contributed by atoms with Crippen molar-refractivity contribution < 1.29 is 19.4 Å². The van der Waals surface area contributed by atoms with E-state index >= 15 is 0 Å². The molecule has 0 aliphatic heterocycles. The van der Waals surface area contributed by atoms with E-state index in [2.05, 4.69) is 6.92 Å². The average Bonchev–Trinajstić information content (AvgIpc) is 2.77. The summed E-state index contributed by atoms with van der Waals surface area (Å²) in [6.07, 6.45) is 13.2. The minimum Gasteiger partial charge on any atom is -0.494 e. The maximum Gasteiger partial charge on any atom is 0.335 e. The fourth-order valence-corrected chi connectivity index (χ4v) is 3.32. The highest BCUT2D eigenvalue weighted by Gasteiger charge is 2.03. The van der Waals surface area contributed by atoms with E-state index in [1.807, 2.05) is 24.3 Å². The van der Waals surface area contributed by atoms with Crippen LogP contribution in [-0.2, 0) is 6.61 Å². The highest BCUT2D eigenvalue weighted by atomic mass is 16.5. The Balaban J connectivity index is 1.54. The van der Waals surface area contributed by atoms with Gasteiger partial charge in [-0.05, 0) is 48.4 Å². The van der Waals surface area contributed by atoms with Crippen molar-refractivity contribution in [1.82, 2.24) is 0 Å². The highest BCUT2D eigenvalue weighted by Crippen LogP contribution is 2.19. The maximum atomic E-state index is 10.9. The zero-order valence-electron chi connectivity index (χ0n) is 18.3. The van der Waals surface area contributed by atoms with Crippen LogP contribution in [0.5, 0.6) is 11.5 Å². The average molecular weight is 413 g/mol. The molecule has 30 heavy (non-hydrogen) atoms. The Morgan fingerprint density at radius 2 is 1.20 bits per heavy atom. The van der Waals surface area contributed by atoms with Crippen molar-refractivity contribution in [2.45, 2.75) is 77.7 Å². The normalized spacial score (nSPS) is 10.7. The van der Waals surface area contributed by atoms with Gasteiger partial charge in [0.25, 0.3) is 0 Å². The van der Waals surface area contributed by atoms with Gasteiger partial charge in [-0.3, -0.25) is 0 Å². The number of unbranched alkanes of at least 4 members (excludes halogenated alkanes) is 9. The van der Waals surface area contributed by atoms with Crippen LogP contribution in [0, 0.1) is 0 Å². The molecule has 4 heteroatoms. The van der Waals surface area contributed by atoms with Gasteiger partial charge >= 0.3 is 5.97 Å². The van der Waals surface area contributed by atoms with Crippen molar-refractivity contribution in [3.8, 4) is 11.5 Å². The number of carbonyl (C=O) groups is 1. The smallest absolute Gasteiger partial charge is 0.335 e. The SMILES string of the molecule is CCCCCCCCCCCCOc1ccc(OCc2ccc(C(=O)O)cc2)cc1. The van der Waals surface area contributed by atoms with E-state index in [-0.39, 0.29) is 5.56 Å². The Labute approximate surface area is 181 Å². The Bertz CT molecular complexity index is 707. The molecule has 0 aliphatic rings. The number of ether oxygens (including phenoxy) is 2. The summed E-state index contributed by atoms with van der Waals surface area (Å²) in [6, 6.07) is 14.4. The molecule has 2 aromatic carbocycles. The predicted molar refractivity (Wildman–Crippen MR) is 122 cm³/mol. The van der Waals surface area contributed by atoms with Crippen LogP contribution in [-0.4, -0.2) is 17.7 Å². The first-order valence-electron chi connectivity index (χ1n) is 11.4. The fraction of sp³-hybridized carbons (Fsp3) is 0.500. The Morgan fingerprint density at radius 3 is 1.73 bits per heavy atom. The fourth-order valence-electron chi connectivity index (χ4n) is 3.32. The minimum absolute atomic E-state index is 0.280. The second-order valence-corrected chi connectivity index (χ2v) is 7.79. The molecule has 0 aromatic heterocycles. The maximum absolute atomic E-state index is 10.9. The van der Waals surface area contributed by atoms with Crippen molar-refractivity contribution in [2.75, 3.05) is 6.61 Å². The third-order valence-corrected chi connectivity index (χ3v) is 5.20. The van der Waals surface area contributed by atoms with Crippen LogP contribution >= 0.6 is 0 Å². The first kappa shape index (κ1) is 23.8. The lowest BCUT2D eigenvalue weighted by Crippen LogP contribution is -1.99. The zero-order valence-corrected chi connectivity index (χ0v) is 18.3. The van der Waals surface area contributed by atoms with E-state index in [9.17, 15) is 4.79 Å². The molecule has 0 unspecified atom stereocenters. The summed E-state index contributed by atoms with van der Waals surface area (Å²) in [7, 11) is 0. The highest BCUT2D eigenvalue weighted by molar-refractivity contribution is 5.87. The summed E-state index contributed by atoms with van der Waals surface area (Å²) in [5, 5.41) is 8.93. The zero-order chi connectivity index (χ0) is 21.4. The molecule has 164 valence electrons. The van der Waals surface area contributed by atoms with E-state index in [1.165, 1.54) is 57.8 Å². The number of hydrogen-bond donors (Lipinski definition) is 1. The van der Waals surface area contributed by atoms with Crippen LogP contribution in [0.25, 0.3) is 0 Å². The van der Waals surface area contributed by atoms with Gasteiger partial charge in [-0.25, -0.2) is 4.79 Å². The van der Waals surface area contributed by atoms with Gasteiger partial charge in [0.1, 0.15) is 18.1 Å². The molecule has 0 amide bonds. The first-order chi connectivity index (χ1) is 14.7. The molecule has 0 saturated heterocycles. The number of carboxylic acid groups (broad SMARTS) is 1. The molecule has 1 N–H and O–H groups in total. The van der Waals surface area contributed by atoms with E-state index in [4.69, 9.17) is 14.6 Å². The molecule has 2 rings (SSSR count). The summed E-state index contributed by atoms with van der Waals surface area (Å²) in [4.78, 5) is 10.9. The van der Waals surface area contributed by atoms with Crippen LogP contribution in [0.15, 0.2) is 48.5 Å². The number of rotatable bonds is 16. The van der Waals surface area contributed by atoms with Crippen LogP contribution in [0.4, 0.5) is 0 Å². The molecule has 2 aromatic rings. The molecule has 0 heterocycles. The summed E-state index contributed by atoms with van der Waals surface area (Å²) in [6.45, 7) is 3.42. The van der Waals surface area contributed by atoms with E-state index in [1.54, 1.807) is 24.3 Å². The number of carboxylic acids is 1. The van der Waals surface area contributed by atoms with Crippen molar-refractivity contribution in [3.05, 3.63) is 59.7 Å². The van der Waals surface area contributed by atoms with Gasteiger partial charge in [-0.2, -0.15) is 0 Å². The summed E-state index contributed by atoms with van der Waals surface area (Å²) in [5.74, 6) is 0.712. The van der Waals surface area contributed by atoms with Crippen molar-refractivity contribution in [3.63, 3.8) is 0 Å². The number of hydrogen-bond acceptors (Lipinski definition) is 3. The Hall–Kier alpha value is -2.49. The van der Waals surface area contributed by atoms with Gasteiger partial charge in [0.15, 0.2) is 0 Å². The standard InChI is InChI=1S/C26H36O4/c1-2-3-4-5-6-7-8-9-10-11-20-29-24-16-18-25(19-17-24)30-21-22-12-14-23(15-13-22)26(27)28/h12-19H,2-11,20-21H2,1H3,(H,27,28). The largest absolute Gasteiger partial charge is 0.494 e. The van der Waals surface area contributed by atoms with Crippen molar-refractivity contribution in [2.24, 2.45) is 0 Å². The lowest BCUT2D eigenvalue weighted by atomic mass is 10.1. The Kier molecular flexibility index (Phi) is 11.5. The molecular formula is C26H36O4. The number of aromatic carboxylic acids is 1. The van der Waals surface area contributed by atoms with Gasteiger partial charge < -0.3 is 14.6 Å². The van der Waals surface area contributed by atoms with E-state index in [0.717, 1.165) is 30.1 Å². The third-order valence-electron chi connectivity index (χ3n) is 5.20. The summed E-state index contributed by atoms with van der Waals surface area (Å²) >= 11 is 0. The van der Waals surface area contributed by atoms with Crippen LogP contribution < -0.4 is 9.47 Å². The monoisotopic (exact) mass is 412 g/mol. The summed E-state index contributed by atoms with van der Waals surface area (Å²) in [5.41, 5.74) is 1.21. The van der Waals surface area contributed by atoms with E-state index in [0.29, 0.717) is 6.61 Å². The minimum atomic E-state index is -0.920. The van der Waals surface area contributed by atoms with Crippen molar-refractivity contribution >= 4 is 5.97 Å². The molecule has 4 nitrogen and oxygen atoms in total. The predicted octanol–water partition coefficient (Wildman–Crippen LogP) is 7.26. The number of benzene rings is 2. The van der Waals surface area contributed by atoms with Crippen molar-refractivity contribution in [1.29, 1.82) is 0 Å².